The normalized spacial score (nSPS) is 11.0. The first-order valence-electron chi connectivity index (χ1n) is 9.06. The summed E-state index contributed by atoms with van der Waals surface area (Å²) >= 11 is 0. The third-order valence-electron chi connectivity index (χ3n) is 4.76. The van der Waals surface area contributed by atoms with Crippen molar-refractivity contribution < 1.29 is 14.6 Å². The third kappa shape index (κ3) is 3.18. The highest BCUT2D eigenvalue weighted by molar-refractivity contribution is 5.87. The van der Waals surface area contributed by atoms with Gasteiger partial charge in [0.1, 0.15) is 0 Å². The van der Waals surface area contributed by atoms with Crippen LogP contribution in [0.4, 0.5) is 0 Å². The summed E-state index contributed by atoms with van der Waals surface area (Å²) < 4.78 is 13.7. The van der Waals surface area contributed by atoms with E-state index >= 15 is 0 Å². The van der Waals surface area contributed by atoms with E-state index < -0.39 is 0 Å². The fraction of sp³-hybridized carbons (Fsp3) is 0.190. The molecule has 0 aliphatic rings. The molecule has 0 spiro atoms. The number of ether oxygens (including phenoxy) is 2. The van der Waals surface area contributed by atoms with Crippen molar-refractivity contribution in [2.24, 2.45) is 0 Å². The zero-order valence-electron chi connectivity index (χ0n) is 16.3. The van der Waals surface area contributed by atoms with Crippen molar-refractivity contribution in [3.63, 3.8) is 0 Å². The van der Waals surface area contributed by atoms with Gasteiger partial charge in [-0.2, -0.15) is 0 Å². The highest BCUT2D eigenvalue weighted by Gasteiger charge is 2.14. The van der Waals surface area contributed by atoms with Crippen molar-refractivity contribution in [3.8, 4) is 34.5 Å². The summed E-state index contributed by atoms with van der Waals surface area (Å²) in [5.74, 6) is 0.965. The van der Waals surface area contributed by atoms with E-state index in [1.54, 1.807) is 53.0 Å². The minimum atomic E-state index is -0.0891. The molecule has 0 aliphatic carbocycles. The monoisotopic (exact) mass is 392 g/mol. The largest absolute Gasteiger partial charge is 0.494 e. The predicted octanol–water partition coefficient (Wildman–Crippen LogP) is 2.99. The smallest absolute Gasteiger partial charge is 0.256 e. The summed E-state index contributed by atoms with van der Waals surface area (Å²) in [5.41, 5.74) is 2.65. The molecule has 4 aromatic rings. The van der Waals surface area contributed by atoms with Gasteiger partial charge in [0.05, 0.1) is 36.5 Å². The molecule has 0 aliphatic heterocycles. The third-order valence-corrected chi connectivity index (χ3v) is 4.76. The van der Waals surface area contributed by atoms with E-state index in [2.05, 4.69) is 9.97 Å². The number of rotatable bonds is 5. The lowest BCUT2D eigenvalue weighted by Gasteiger charge is -2.08. The van der Waals surface area contributed by atoms with Crippen LogP contribution in [-0.4, -0.2) is 38.4 Å². The molecule has 0 bridgehead atoms. The maximum absolute atomic E-state index is 11.8. The SMILES string of the molecule is CCn1cc(-n2cc3nc(-c4cnc(OC)c(OC)c4)ccc3c2O)ccc1=O. The Morgan fingerprint density at radius 2 is 1.93 bits per heavy atom. The van der Waals surface area contributed by atoms with Gasteiger partial charge in [-0.1, -0.05) is 0 Å². The number of methoxy groups -OCH3 is 2. The molecular weight excluding hydrogens is 372 g/mol. The maximum Gasteiger partial charge on any atom is 0.256 e. The van der Waals surface area contributed by atoms with Crippen molar-refractivity contribution in [1.29, 1.82) is 0 Å². The number of pyridine rings is 3. The first-order chi connectivity index (χ1) is 14.0. The van der Waals surface area contributed by atoms with Crippen molar-refractivity contribution in [1.82, 2.24) is 19.1 Å². The van der Waals surface area contributed by atoms with Crippen molar-refractivity contribution in [2.45, 2.75) is 13.5 Å². The second-order valence-corrected chi connectivity index (χ2v) is 6.40. The summed E-state index contributed by atoms with van der Waals surface area (Å²) in [7, 11) is 3.08. The molecule has 1 N–H and O–H groups in total. The Morgan fingerprint density at radius 1 is 1.10 bits per heavy atom. The fourth-order valence-corrected chi connectivity index (χ4v) is 3.21. The van der Waals surface area contributed by atoms with Crippen LogP contribution in [0.2, 0.25) is 0 Å². The van der Waals surface area contributed by atoms with E-state index in [4.69, 9.17) is 9.47 Å². The number of aromatic hydroxyl groups is 1. The number of aromatic nitrogens is 4. The lowest BCUT2D eigenvalue weighted by Crippen LogP contribution is -2.17. The summed E-state index contributed by atoms with van der Waals surface area (Å²) in [5, 5.41) is 11.3. The average Bonchev–Trinajstić information content (AvgIpc) is 3.09. The Hall–Kier alpha value is -3.81. The first kappa shape index (κ1) is 18.5. The Labute approximate surface area is 166 Å². The Morgan fingerprint density at radius 3 is 2.66 bits per heavy atom. The molecule has 0 amide bonds. The summed E-state index contributed by atoms with van der Waals surface area (Å²) in [6.07, 6.45) is 5.10. The van der Waals surface area contributed by atoms with Crippen LogP contribution in [0.3, 0.4) is 0 Å². The lowest BCUT2D eigenvalue weighted by atomic mass is 10.1. The highest BCUT2D eigenvalue weighted by atomic mass is 16.5. The second-order valence-electron chi connectivity index (χ2n) is 6.40. The molecule has 29 heavy (non-hydrogen) atoms. The van der Waals surface area contributed by atoms with Gasteiger partial charge in [0.15, 0.2) is 5.75 Å². The van der Waals surface area contributed by atoms with E-state index in [0.717, 1.165) is 5.56 Å². The molecule has 4 aromatic heterocycles. The van der Waals surface area contributed by atoms with Gasteiger partial charge in [-0.25, -0.2) is 9.97 Å². The molecule has 8 nitrogen and oxygen atoms in total. The number of fused-ring (bicyclic) bond motifs is 1. The highest BCUT2D eigenvalue weighted by Crippen LogP contribution is 2.33. The standard InChI is InChI=1S/C21H20N4O4/c1-4-24-11-14(5-8-19(24)26)25-12-17-15(21(25)27)6-7-16(23-17)13-9-18(28-2)20(29-3)22-10-13/h5-12,27H,4H2,1-3H3. The number of hydrogen-bond donors (Lipinski definition) is 1. The van der Waals surface area contributed by atoms with Gasteiger partial charge >= 0.3 is 0 Å². The molecule has 0 saturated carbocycles. The number of aryl methyl sites for hydroxylation is 1. The molecule has 148 valence electrons. The number of hydrogen-bond acceptors (Lipinski definition) is 6. The van der Waals surface area contributed by atoms with Gasteiger partial charge < -0.3 is 19.1 Å². The number of nitrogens with zero attached hydrogens (tertiary/aromatic N) is 4. The van der Waals surface area contributed by atoms with Crippen LogP contribution in [0.1, 0.15) is 6.92 Å². The molecule has 0 saturated heterocycles. The molecule has 0 radical (unpaired) electrons. The van der Waals surface area contributed by atoms with Crippen LogP contribution >= 0.6 is 0 Å². The first-order valence-corrected chi connectivity index (χ1v) is 9.06. The average molecular weight is 392 g/mol. The minimum Gasteiger partial charge on any atom is -0.494 e. The van der Waals surface area contributed by atoms with Gasteiger partial charge in [0.25, 0.3) is 11.4 Å². The molecule has 4 heterocycles. The van der Waals surface area contributed by atoms with Gasteiger partial charge in [-0.15, -0.1) is 0 Å². The van der Waals surface area contributed by atoms with Crippen LogP contribution in [0, 0.1) is 0 Å². The zero-order chi connectivity index (χ0) is 20.5. The molecule has 0 aromatic carbocycles. The van der Waals surface area contributed by atoms with E-state index in [9.17, 15) is 9.90 Å². The summed E-state index contributed by atoms with van der Waals surface area (Å²) in [4.78, 5) is 20.7. The minimum absolute atomic E-state index is 0.0609. The molecule has 4 rings (SSSR count). The van der Waals surface area contributed by atoms with Crippen molar-refractivity contribution in [3.05, 3.63) is 59.3 Å². The van der Waals surface area contributed by atoms with Gasteiger partial charge in [0, 0.05) is 36.8 Å². The van der Waals surface area contributed by atoms with E-state index in [-0.39, 0.29) is 11.4 Å². The van der Waals surface area contributed by atoms with Crippen LogP contribution < -0.4 is 15.0 Å². The quantitative estimate of drug-likeness (QED) is 0.561. The molecular formula is C21H20N4O4. The van der Waals surface area contributed by atoms with E-state index in [1.165, 1.54) is 13.2 Å². The van der Waals surface area contributed by atoms with Crippen LogP contribution in [-0.2, 0) is 6.54 Å². The molecule has 0 unspecified atom stereocenters. The van der Waals surface area contributed by atoms with Gasteiger partial charge in [-0.3, -0.25) is 9.36 Å². The molecule has 0 fully saturated rings. The van der Waals surface area contributed by atoms with Crippen LogP contribution in [0.5, 0.6) is 17.5 Å². The fourth-order valence-electron chi connectivity index (χ4n) is 3.21. The molecule has 0 atom stereocenters. The topological polar surface area (TPSA) is 91.4 Å². The van der Waals surface area contributed by atoms with Crippen molar-refractivity contribution in [2.75, 3.05) is 14.2 Å². The van der Waals surface area contributed by atoms with E-state index in [1.807, 2.05) is 13.0 Å². The van der Waals surface area contributed by atoms with Crippen LogP contribution in [0.25, 0.3) is 27.8 Å². The van der Waals surface area contributed by atoms with Crippen molar-refractivity contribution >= 4 is 10.9 Å². The van der Waals surface area contributed by atoms with Gasteiger partial charge in [-0.05, 0) is 31.2 Å². The predicted molar refractivity (Wildman–Crippen MR) is 109 cm³/mol. The second kappa shape index (κ2) is 7.31. The van der Waals surface area contributed by atoms with E-state index in [0.29, 0.717) is 40.5 Å². The maximum atomic E-state index is 11.8. The summed E-state index contributed by atoms with van der Waals surface area (Å²) in [6.45, 7) is 2.44. The Bertz CT molecular complexity index is 1260. The van der Waals surface area contributed by atoms with Crippen LogP contribution in [0.15, 0.2) is 53.7 Å². The van der Waals surface area contributed by atoms with Gasteiger partial charge in [0.2, 0.25) is 5.88 Å². The molecule has 8 heteroatoms. The zero-order valence-corrected chi connectivity index (χ0v) is 16.3. The Balaban J connectivity index is 1.81. The Kier molecular flexibility index (Phi) is 4.67. The summed E-state index contributed by atoms with van der Waals surface area (Å²) in [6, 6.07) is 8.57. The lowest BCUT2D eigenvalue weighted by molar-refractivity contribution is 0.343.